The molecule has 1 fully saturated rings. The highest BCUT2D eigenvalue weighted by atomic mass is 16.2. The van der Waals surface area contributed by atoms with Crippen LogP contribution in [0.3, 0.4) is 0 Å². The van der Waals surface area contributed by atoms with Crippen LogP contribution in [0.15, 0.2) is 54.6 Å². The molecule has 1 saturated heterocycles. The van der Waals surface area contributed by atoms with Gasteiger partial charge < -0.3 is 10.3 Å². The van der Waals surface area contributed by atoms with Crippen molar-refractivity contribution < 1.29 is 4.79 Å². The van der Waals surface area contributed by atoms with Gasteiger partial charge in [0.15, 0.2) is 0 Å². The fourth-order valence-corrected chi connectivity index (χ4v) is 3.29. The molecular formula is C20H22N4O. The third kappa shape index (κ3) is 3.56. The van der Waals surface area contributed by atoms with Crippen molar-refractivity contribution in [2.75, 3.05) is 13.1 Å². The fraction of sp³-hybridized carbons (Fsp3) is 0.300. The van der Waals surface area contributed by atoms with Crippen LogP contribution in [-0.2, 0) is 17.8 Å². The summed E-state index contributed by atoms with van der Waals surface area (Å²) in [6.45, 7) is 2.42. The molecule has 128 valence electrons. The Morgan fingerprint density at radius 1 is 1.16 bits per heavy atom. The van der Waals surface area contributed by atoms with Gasteiger partial charge in [-0.05, 0) is 24.1 Å². The molecule has 4 rings (SSSR count). The van der Waals surface area contributed by atoms with Crippen LogP contribution in [0.2, 0.25) is 0 Å². The number of likely N-dealkylation sites (tertiary alicyclic amines) is 1. The molecule has 1 aliphatic heterocycles. The minimum Gasteiger partial charge on any atom is -0.354 e. The number of hydrogen-bond acceptors (Lipinski definition) is 3. The van der Waals surface area contributed by atoms with E-state index in [0.717, 1.165) is 36.4 Å². The Morgan fingerprint density at radius 3 is 2.72 bits per heavy atom. The standard InChI is InChI=1S/C20H22N4O/c25-20(18-11-13-24(18)14-15-6-2-1-3-7-15)21-12-10-19-22-16-8-4-5-9-17(16)23-19/h1-9,18H,10-14H2,(H,21,25)(H,22,23). The second-order valence-corrected chi connectivity index (χ2v) is 6.50. The van der Waals surface area contributed by atoms with Gasteiger partial charge in [-0.1, -0.05) is 42.5 Å². The number of para-hydroxylation sites is 2. The topological polar surface area (TPSA) is 61.0 Å². The van der Waals surface area contributed by atoms with E-state index in [1.807, 2.05) is 42.5 Å². The maximum absolute atomic E-state index is 12.4. The molecule has 1 atom stereocenters. The average Bonchev–Trinajstić information content (AvgIpc) is 3.02. The van der Waals surface area contributed by atoms with Crippen molar-refractivity contribution in [1.82, 2.24) is 20.2 Å². The number of nitrogens with one attached hydrogen (secondary N) is 2. The molecule has 5 nitrogen and oxygen atoms in total. The molecule has 1 unspecified atom stereocenters. The first kappa shape index (κ1) is 15.8. The maximum Gasteiger partial charge on any atom is 0.237 e. The van der Waals surface area contributed by atoms with Crippen molar-refractivity contribution in [3.05, 3.63) is 66.0 Å². The van der Waals surface area contributed by atoms with Crippen molar-refractivity contribution in [3.8, 4) is 0 Å². The van der Waals surface area contributed by atoms with Gasteiger partial charge in [-0.2, -0.15) is 0 Å². The van der Waals surface area contributed by atoms with Gasteiger partial charge in [0.2, 0.25) is 5.91 Å². The Hall–Kier alpha value is -2.66. The van der Waals surface area contributed by atoms with Gasteiger partial charge >= 0.3 is 0 Å². The predicted molar refractivity (Wildman–Crippen MR) is 98.1 cm³/mol. The molecule has 25 heavy (non-hydrogen) atoms. The lowest BCUT2D eigenvalue weighted by Crippen LogP contribution is -2.55. The number of aromatic nitrogens is 2. The maximum atomic E-state index is 12.4. The van der Waals surface area contributed by atoms with Crippen molar-refractivity contribution in [1.29, 1.82) is 0 Å². The van der Waals surface area contributed by atoms with Crippen molar-refractivity contribution in [2.45, 2.75) is 25.4 Å². The van der Waals surface area contributed by atoms with E-state index in [1.54, 1.807) is 0 Å². The number of hydrogen-bond donors (Lipinski definition) is 2. The summed E-state index contributed by atoms with van der Waals surface area (Å²) in [5.41, 5.74) is 3.26. The highest BCUT2D eigenvalue weighted by molar-refractivity contribution is 5.82. The summed E-state index contributed by atoms with van der Waals surface area (Å²) < 4.78 is 0. The van der Waals surface area contributed by atoms with Crippen LogP contribution in [0.5, 0.6) is 0 Å². The third-order valence-corrected chi connectivity index (χ3v) is 4.76. The number of aromatic amines is 1. The Kier molecular flexibility index (Phi) is 4.48. The molecule has 0 spiro atoms. The second kappa shape index (κ2) is 7.07. The summed E-state index contributed by atoms with van der Waals surface area (Å²) in [6, 6.07) is 18.3. The SMILES string of the molecule is O=C(NCCc1nc2ccccc2[nH]1)C1CCN1Cc1ccccc1. The largest absolute Gasteiger partial charge is 0.354 e. The number of amides is 1. The molecule has 1 aromatic heterocycles. The number of nitrogens with zero attached hydrogens (tertiary/aromatic N) is 2. The van der Waals surface area contributed by atoms with Crippen LogP contribution in [0.25, 0.3) is 11.0 Å². The Bertz CT molecular complexity index is 825. The first-order valence-electron chi connectivity index (χ1n) is 8.79. The van der Waals surface area contributed by atoms with Gasteiger partial charge in [-0.15, -0.1) is 0 Å². The lowest BCUT2D eigenvalue weighted by Gasteiger charge is -2.39. The number of carbonyl (C=O) groups is 1. The second-order valence-electron chi connectivity index (χ2n) is 6.50. The zero-order valence-corrected chi connectivity index (χ0v) is 14.1. The fourth-order valence-electron chi connectivity index (χ4n) is 3.29. The Labute approximate surface area is 147 Å². The summed E-state index contributed by atoms with van der Waals surface area (Å²) in [7, 11) is 0. The van der Waals surface area contributed by atoms with Crippen LogP contribution >= 0.6 is 0 Å². The Balaban J connectivity index is 1.27. The highest BCUT2D eigenvalue weighted by Crippen LogP contribution is 2.20. The molecule has 2 aromatic carbocycles. The molecular weight excluding hydrogens is 312 g/mol. The van der Waals surface area contributed by atoms with E-state index < -0.39 is 0 Å². The number of imidazole rings is 1. The minimum absolute atomic E-state index is 0.00382. The quantitative estimate of drug-likeness (QED) is 0.728. The van der Waals surface area contributed by atoms with Crippen LogP contribution in [-0.4, -0.2) is 39.9 Å². The smallest absolute Gasteiger partial charge is 0.237 e. The molecule has 0 radical (unpaired) electrons. The lowest BCUT2D eigenvalue weighted by molar-refractivity contribution is -0.131. The normalized spacial score (nSPS) is 17.4. The first-order valence-corrected chi connectivity index (χ1v) is 8.79. The number of H-pyrrole nitrogens is 1. The van der Waals surface area contributed by atoms with Gasteiger partial charge in [0, 0.05) is 26.1 Å². The van der Waals surface area contributed by atoms with E-state index in [9.17, 15) is 4.79 Å². The van der Waals surface area contributed by atoms with E-state index >= 15 is 0 Å². The number of benzene rings is 2. The van der Waals surface area contributed by atoms with Gasteiger partial charge in [0.1, 0.15) is 5.82 Å². The van der Waals surface area contributed by atoms with Crippen LogP contribution in [0, 0.1) is 0 Å². The monoisotopic (exact) mass is 334 g/mol. The molecule has 5 heteroatoms. The van der Waals surface area contributed by atoms with Crippen molar-refractivity contribution >= 4 is 16.9 Å². The predicted octanol–water partition coefficient (Wildman–Crippen LogP) is 2.50. The van der Waals surface area contributed by atoms with E-state index in [0.29, 0.717) is 13.0 Å². The van der Waals surface area contributed by atoms with E-state index in [2.05, 4.69) is 32.3 Å². The number of fused-ring (bicyclic) bond motifs is 1. The molecule has 0 bridgehead atoms. The van der Waals surface area contributed by atoms with E-state index in [-0.39, 0.29) is 11.9 Å². The highest BCUT2D eigenvalue weighted by Gasteiger charge is 2.33. The third-order valence-electron chi connectivity index (χ3n) is 4.76. The summed E-state index contributed by atoms with van der Waals surface area (Å²) in [5.74, 6) is 1.04. The summed E-state index contributed by atoms with van der Waals surface area (Å²) >= 11 is 0. The average molecular weight is 334 g/mol. The minimum atomic E-state index is -0.00382. The lowest BCUT2D eigenvalue weighted by atomic mass is 10.0. The molecule has 1 aliphatic rings. The van der Waals surface area contributed by atoms with E-state index in [1.165, 1.54) is 5.56 Å². The molecule has 1 amide bonds. The number of rotatable bonds is 6. The first-order chi connectivity index (χ1) is 12.3. The van der Waals surface area contributed by atoms with Gasteiger partial charge in [0.25, 0.3) is 0 Å². The Morgan fingerprint density at radius 2 is 1.96 bits per heavy atom. The van der Waals surface area contributed by atoms with Gasteiger partial charge in [-0.25, -0.2) is 4.98 Å². The number of carbonyl (C=O) groups excluding carboxylic acids is 1. The summed E-state index contributed by atoms with van der Waals surface area (Å²) in [6.07, 6.45) is 1.65. The van der Waals surface area contributed by atoms with Crippen molar-refractivity contribution in [2.24, 2.45) is 0 Å². The summed E-state index contributed by atoms with van der Waals surface area (Å²) in [4.78, 5) is 22.5. The zero-order valence-electron chi connectivity index (χ0n) is 14.1. The van der Waals surface area contributed by atoms with Crippen LogP contribution < -0.4 is 5.32 Å². The molecule has 2 N–H and O–H groups in total. The zero-order chi connectivity index (χ0) is 17.1. The molecule has 0 aliphatic carbocycles. The molecule has 3 aromatic rings. The van der Waals surface area contributed by atoms with Crippen molar-refractivity contribution in [3.63, 3.8) is 0 Å². The molecule has 2 heterocycles. The van der Waals surface area contributed by atoms with Gasteiger partial charge in [0.05, 0.1) is 17.1 Å². The molecule has 0 saturated carbocycles. The summed E-state index contributed by atoms with van der Waals surface area (Å²) in [5, 5.41) is 3.05. The van der Waals surface area contributed by atoms with E-state index in [4.69, 9.17) is 0 Å². The van der Waals surface area contributed by atoms with Gasteiger partial charge in [-0.3, -0.25) is 9.69 Å². The van der Waals surface area contributed by atoms with Crippen LogP contribution in [0.4, 0.5) is 0 Å². The van der Waals surface area contributed by atoms with Crippen LogP contribution in [0.1, 0.15) is 17.8 Å².